The molecule has 0 radical (unpaired) electrons. The third kappa shape index (κ3) is 2.18. The van der Waals surface area contributed by atoms with Crippen LogP contribution in [0.2, 0.25) is 0 Å². The summed E-state index contributed by atoms with van der Waals surface area (Å²) in [4.78, 5) is 12.5. The van der Waals surface area contributed by atoms with Gasteiger partial charge in [-0.05, 0) is 30.7 Å². The minimum absolute atomic E-state index is 0.0997. The van der Waals surface area contributed by atoms with Crippen molar-refractivity contribution in [3.8, 4) is 5.75 Å². The van der Waals surface area contributed by atoms with Gasteiger partial charge in [0.05, 0.1) is 7.11 Å². The maximum Gasteiger partial charge on any atom is 0.234 e. The molecule has 21 heavy (non-hydrogen) atoms. The monoisotopic (exact) mass is 284 g/mol. The minimum Gasteiger partial charge on any atom is -0.496 e. The van der Waals surface area contributed by atoms with E-state index in [1.54, 1.807) is 12.1 Å². The van der Waals surface area contributed by atoms with Crippen molar-refractivity contribution in [3.63, 3.8) is 0 Å². The van der Waals surface area contributed by atoms with Gasteiger partial charge in [-0.1, -0.05) is 24.3 Å². The summed E-state index contributed by atoms with van der Waals surface area (Å²) in [5, 5.41) is 0.814. The largest absolute Gasteiger partial charge is 0.496 e. The second-order valence-electron chi connectivity index (χ2n) is 4.75. The number of hydrogen-bond acceptors (Lipinski definition) is 3. The first kappa shape index (κ1) is 13.4. The molecule has 2 aromatic carbocycles. The predicted octanol–water partition coefficient (Wildman–Crippen LogP) is 4.12. The van der Waals surface area contributed by atoms with Crippen molar-refractivity contribution < 1.29 is 18.3 Å². The Kier molecular flexibility index (Phi) is 3.22. The third-order valence-electron chi connectivity index (χ3n) is 3.39. The maximum atomic E-state index is 14.0. The van der Waals surface area contributed by atoms with E-state index in [2.05, 4.69) is 0 Å². The Morgan fingerprint density at radius 3 is 2.67 bits per heavy atom. The van der Waals surface area contributed by atoms with Crippen molar-refractivity contribution in [2.45, 2.75) is 6.92 Å². The number of carbonyl (C=O) groups is 1. The third-order valence-corrected chi connectivity index (χ3v) is 3.39. The lowest BCUT2D eigenvalue weighted by atomic mass is 10.1. The van der Waals surface area contributed by atoms with Crippen LogP contribution in [0.3, 0.4) is 0 Å². The molecule has 3 aromatic rings. The molecule has 0 fully saturated rings. The van der Waals surface area contributed by atoms with E-state index >= 15 is 0 Å². The second kappa shape index (κ2) is 5.05. The van der Waals surface area contributed by atoms with Crippen LogP contribution in [0.5, 0.6) is 5.75 Å². The number of methoxy groups -OCH3 is 1. The predicted molar refractivity (Wildman–Crippen MR) is 77.3 cm³/mol. The van der Waals surface area contributed by atoms with Crippen LogP contribution in [0.4, 0.5) is 4.39 Å². The molecule has 1 heterocycles. The summed E-state index contributed by atoms with van der Waals surface area (Å²) < 4.78 is 24.6. The lowest BCUT2D eigenvalue weighted by Crippen LogP contribution is -2.05. The molecule has 0 aliphatic heterocycles. The summed E-state index contributed by atoms with van der Waals surface area (Å²) in [5.74, 6) is -0.864. The van der Waals surface area contributed by atoms with Crippen LogP contribution in [0, 0.1) is 12.7 Å². The number of fused-ring (bicyclic) bond motifs is 1. The fourth-order valence-corrected chi connectivity index (χ4v) is 2.34. The molecule has 0 bridgehead atoms. The number of ether oxygens (including phenoxy) is 1. The van der Waals surface area contributed by atoms with E-state index in [4.69, 9.17) is 9.15 Å². The van der Waals surface area contributed by atoms with Crippen molar-refractivity contribution >= 4 is 16.8 Å². The molecular weight excluding hydrogens is 271 g/mol. The molecule has 0 aliphatic rings. The number of aryl methyl sites for hydroxylation is 1. The standard InChI is InChI=1S/C17H13FO3/c1-10-5-3-6-11-9-14(21-17(10)11)16(19)15-12(18)7-4-8-13(15)20-2/h3-9H,1-2H3. The number of hydrogen-bond donors (Lipinski definition) is 0. The first-order chi connectivity index (χ1) is 10.1. The van der Waals surface area contributed by atoms with Crippen molar-refractivity contribution in [3.05, 3.63) is 65.2 Å². The molecule has 106 valence electrons. The van der Waals surface area contributed by atoms with Crippen LogP contribution in [-0.2, 0) is 0 Å². The van der Waals surface area contributed by atoms with E-state index in [-0.39, 0.29) is 17.1 Å². The topological polar surface area (TPSA) is 39.4 Å². The van der Waals surface area contributed by atoms with Gasteiger partial charge in [-0.2, -0.15) is 0 Å². The van der Waals surface area contributed by atoms with Crippen molar-refractivity contribution in [2.24, 2.45) is 0 Å². The smallest absolute Gasteiger partial charge is 0.234 e. The van der Waals surface area contributed by atoms with Gasteiger partial charge in [0, 0.05) is 5.39 Å². The van der Waals surface area contributed by atoms with Crippen LogP contribution in [0.25, 0.3) is 11.0 Å². The van der Waals surface area contributed by atoms with Crippen molar-refractivity contribution in [2.75, 3.05) is 7.11 Å². The number of rotatable bonds is 3. The molecule has 3 nitrogen and oxygen atoms in total. The molecule has 0 saturated carbocycles. The molecule has 1 aromatic heterocycles. The Morgan fingerprint density at radius 2 is 1.95 bits per heavy atom. The highest BCUT2D eigenvalue weighted by Crippen LogP contribution is 2.28. The van der Waals surface area contributed by atoms with E-state index in [9.17, 15) is 9.18 Å². The summed E-state index contributed by atoms with van der Waals surface area (Å²) in [5.41, 5.74) is 1.44. The zero-order chi connectivity index (χ0) is 15.0. The molecule has 0 saturated heterocycles. The Balaban J connectivity index is 2.15. The molecule has 0 atom stereocenters. The number of ketones is 1. The molecule has 3 rings (SSSR count). The lowest BCUT2D eigenvalue weighted by molar-refractivity contribution is 0.100. The number of halogens is 1. The van der Waals surface area contributed by atoms with Gasteiger partial charge in [0.1, 0.15) is 22.7 Å². The lowest BCUT2D eigenvalue weighted by Gasteiger charge is -2.06. The van der Waals surface area contributed by atoms with Crippen LogP contribution >= 0.6 is 0 Å². The van der Waals surface area contributed by atoms with E-state index in [1.165, 1.54) is 19.2 Å². The van der Waals surface area contributed by atoms with Crippen LogP contribution in [0.1, 0.15) is 21.7 Å². The van der Waals surface area contributed by atoms with Gasteiger partial charge < -0.3 is 9.15 Å². The first-order valence-corrected chi connectivity index (χ1v) is 6.48. The van der Waals surface area contributed by atoms with Gasteiger partial charge in [-0.25, -0.2) is 4.39 Å². The number of benzene rings is 2. The van der Waals surface area contributed by atoms with Crippen LogP contribution in [0.15, 0.2) is 46.9 Å². The second-order valence-corrected chi connectivity index (χ2v) is 4.75. The summed E-state index contributed by atoms with van der Waals surface area (Å²) in [6, 6.07) is 11.5. The quantitative estimate of drug-likeness (QED) is 0.679. The molecule has 0 unspecified atom stereocenters. The summed E-state index contributed by atoms with van der Waals surface area (Å²) in [6.45, 7) is 1.89. The van der Waals surface area contributed by atoms with E-state index in [0.717, 1.165) is 10.9 Å². The minimum atomic E-state index is -0.628. The van der Waals surface area contributed by atoms with Gasteiger partial charge in [0.25, 0.3) is 0 Å². The first-order valence-electron chi connectivity index (χ1n) is 6.48. The summed E-state index contributed by atoms with van der Waals surface area (Å²) >= 11 is 0. The Morgan fingerprint density at radius 1 is 1.19 bits per heavy atom. The van der Waals surface area contributed by atoms with Gasteiger partial charge in [-0.15, -0.1) is 0 Å². The zero-order valence-corrected chi connectivity index (χ0v) is 11.6. The van der Waals surface area contributed by atoms with E-state index in [1.807, 2.05) is 25.1 Å². The van der Waals surface area contributed by atoms with Gasteiger partial charge in [0.15, 0.2) is 5.76 Å². The molecule has 0 amide bonds. The Bertz CT molecular complexity index is 833. The van der Waals surface area contributed by atoms with Crippen LogP contribution < -0.4 is 4.74 Å². The van der Waals surface area contributed by atoms with E-state index in [0.29, 0.717) is 5.58 Å². The van der Waals surface area contributed by atoms with E-state index < -0.39 is 11.6 Å². The van der Waals surface area contributed by atoms with Crippen molar-refractivity contribution in [1.82, 2.24) is 0 Å². The summed E-state index contributed by atoms with van der Waals surface area (Å²) in [6.07, 6.45) is 0. The van der Waals surface area contributed by atoms with Gasteiger partial charge >= 0.3 is 0 Å². The summed E-state index contributed by atoms with van der Waals surface area (Å²) in [7, 11) is 1.40. The number of carbonyl (C=O) groups excluding carboxylic acids is 1. The maximum absolute atomic E-state index is 14.0. The van der Waals surface area contributed by atoms with Crippen LogP contribution in [-0.4, -0.2) is 12.9 Å². The molecule has 4 heteroatoms. The molecule has 0 spiro atoms. The number of para-hydroxylation sites is 1. The molecule has 0 aliphatic carbocycles. The average Bonchev–Trinajstić information content (AvgIpc) is 2.92. The SMILES string of the molecule is COc1cccc(F)c1C(=O)c1cc2cccc(C)c2o1. The highest BCUT2D eigenvalue weighted by atomic mass is 19.1. The molecule has 0 N–H and O–H groups in total. The van der Waals surface area contributed by atoms with Gasteiger partial charge in [0.2, 0.25) is 5.78 Å². The Labute approximate surface area is 120 Å². The fourth-order valence-electron chi connectivity index (χ4n) is 2.34. The Hall–Kier alpha value is -2.62. The number of furan rings is 1. The zero-order valence-electron chi connectivity index (χ0n) is 11.6. The van der Waals surface area contributed by atoms with Gasteiger partial charge in [-0.3, -0.25) is 4.79 Å². The van der Waals surface area contributed by atoms with Crippen molar-refractivity contribution in [1.29, 1.82) is 0 Å². The molecular formula is C17H13FO3. The highest BCUT2D eigenvalue weighted by Gasteiger charge is 2.22. The highest BCUT2D eigenvalue weighted by molar-refractivity contribution is 6.10. The fraction of sp³-hybridized carbons (Fsp3) is 0.118. The normalized spacial score (nSPS) is 10.8. The average molecular weight is 284 g/mol.